The van der Waals surface area contributed by atoms with Gasteiger partial charge < -0.3 is 5.11 Å². The molecule has 0 saturated carbocycles. The fraction of sp³-hybridized carbons (Fsp3) is 0.727. The maximum absolute atomic E-state index is 12.2. The van der Waals surface area contributed by atoms with E-state index in [1.165, 1.54) is 15.7 Å². The fourth-order valence-electron chi connectivity index (χ4n) is 2.01. The molecule has 0 bridgehead atoms. The maximum Gasteiger partial charge on any atom is 0.307 e. The van der Waals surface area contributed by atoms with Gasteiger partial charge in [-0.05, 0) is 19.8 Å². The highest BCUT2D eigenvalue weighted by molar-refractivity contribution is 7.86. The molecule has 0 aromatic rings. The lowest BCUT2D eigenvalue weighted by molar-refractivity contribution is -0.142. The molecular formula is C11H20N2O4S. The van der Waals surface area contributed by atoms with Crippen LogP contribution in [0.4, 0.5) is 0 Å². The smallest absolute Gasteiger partial charge is 0.307 e. The number of likely N-dealkylation sites (N-methyl/N-ethyl adjacent to an activating group) is 1. The lowest BCUT2D eigenvalue weighted by Crippen LogP contribution is -2.48. The van der Waals surface area contributed by atoms with Crippen molar-refractivity contribution in [3.8, 4) is 0 Å². The number of aliphatic carboxylic acids is 1. The van der Waals surface area contributed by atoms with Gasteiger partial charge in [0.25, 0.3) is 10.2 Å². The van der Waals surface area contributed by atoms with Gasteiger partial charge in [0.05, 0.1) is 5.92 Å². The quantitative estimate of drug-likeness (QED) is 0.743. The van der Waals surface area contributed by atoms with Crippen molar-refractivity contribution in [1.82, 2.24) is 8.61 Å². The minimum atomic E-state index is -3.58. The Morgan fingerprint density at radius 2 is 2.17 bits per heavy atom. The van der Waals surface area contributed by atoms with Crippen LogP contribution in [0.25, 0.3) is 0 Å². The summed E-state index contributed by atoms with van der Waals surface area (Å²) in [5.41, 5.74) is 0.743. The van der Waals surface area contributed by atoms with Gasteiger partial charge in [-0.3, -0.25) is 4.79 Å². The fourth-order valence-corrected chi connectivity index (χ4v) is 3.52. The van der Waals surface area contributed by atoms with Crippen LogP contribution >= 0.6 is 0 Å². The van der Waals surface area contributed by atoms with Crippen molar-refractivity contribution in [3.63, 3.8) is 0 Å². The maximum atomic E-state index is 12.2. The summed E-state index contributed by atoms with van der Waals surface area (Å²) in [6, 6.07) is 0. The highest BCUT2D eigenvalue weighted by atomic mass is 32.2. The minimum absolute atomic E-state index is 0.0538. The first-order chi connectivity index (χ1) is 8.25. The first-order valence-electron chi connectivity index (χ1n) is 5.83. The highest BCUT2D eigenvalue weighted by Gasteiger charge is 2.34. The molecule has 1 heterocycles. The van der Waals surface area contributed by atoms with Crippen LogP contribution in [-0.4, -0.2) is 54.8 Å². The molecule has 1 aliphatic heterocycles. The Morgan fingerprint density at radius 3 is 2.67 bits per heavy atom. The van der Waals surface area contributed by atoms with Gasteiger partial charge >= 0.3 is 5.97 Å². The van der Waals surface area contributed by atoms with E-state index in [4.69, 9.17) is 5.11 Å². The molecule has 7 heteroatoms. The Bertz CT molecular complexity index is 432. The Kier molecular flexibility index (Phi) is 4.89. The molecule has 6 nitrogen and oxygen atoms in total. The van der Waals surface area contributed by atoms with E-state index in [1.807, 2.05) is 0 Å². The van der Waals surface area contributed by atoms with E-state index in [0.29, 0.717) is 19.4 Å². The summed E-state index contributed by atoms with van der Waals surface area (Å²) < 4.78 is 26.9. The van der Waals surface area contributed by atoms with Crippen molar-refractivity contribution >= 4 is 16.2 Å². The van der Waals surface area contributed by atoms with Gasteiger partial charge in [-0.15, -0.1) is 0 Å². The SMILES string of the molecule is C=C(C)CN(C)S(=O)(=O)N1CCCC(C(=O)O)C1. The minimum Gasteiger partial charge on any atom is -0.481 e. The molecule has 0 spiro atoms. The van der Waals surface area contributed by atoms with Crippen LogP contribution in [0, 0.1) is 5.92 Å². The third kappa shape index (κ3) is 3.54. The van der Waals surface area contributed by atoms with Crippen molar-refractivity contribution in [2.75, 3.05) is 26.7 Å². The normalized spacial score (nSPS) is 22.1. The van der Waals surface area contributed by atoms with Crippen molar-refractivity contribution < 1.29 is 18.3 Å². The molecular weight excluding hydrogens is 256 g/mol. The zero-order valence-electron chi connectivity index (χ0n) is 10.8. The van der Waals surface area contributed by atoms with Gasteiger partial charge in [-0.25, -0.2) is 0 Å². The first-order valence-corrected chi connectivity index (χ1v) is 7.23. The average molecular weight is 276 g/mol. The summed E-state index contributed by atoms with van der Waals surface area (Å²) >= 11 is 0. The molecule has 1 saturated heterocycles. The molecule has 0 amide bonds. The summed E-state index contributed by atoms with van der Waals surface area (Å²) in [5, 5.41) is 8.96. The van der Waals surface area contributed by atoms with Gasteiger partial charge in [-0.2, -0.15) is 17.0 Å². The number of hydrogen-bond donors (Lipinski definition) is 1. The summed E-state index contributed by atoms with van der Waals surface area (Å²) in [6.07, 6.45) is 1.11. The zero-order chi connectivity index (χ0) is 13.9. The molecule has 0 aromatic carbocycles. The van der Waals surface area contributed by atoms with Crippen LogP contribution < -0.4 is 0 Å². The number of piperidine rings is 1. The molecule has 1 unspecified atom stereocenters. The predicted octanol–water partition coefficient (Wildman–Crippen LogP) is 0.536. The molecule has 1 N–H and O–H groups in total. The molecule has 0 radical (unpaired) electrons. The third-order valence-corrected chi connectivity index (χ3v) is 4.85. The van der Waals surface area contributed by atoms with E-state index in [0.717, 1.165) is 5.57 Å². The molecule has 18 heavy (non-hydrogen) atoms. The second-order valence-electron chi connectivity index (χ2n) is 4.76. The molecule has 0 aliphatic carbocycles. The van der Waals surface area contributed by atoms with Gasteiger partial charge in [0.2, 0.25) is 0 Å². The standard InChI is InChI=1S/C11H20N2O4S/c1-9(2)7-12(3)18(16,17)13-6-4-5-10(8-13)11(14)15/h10H,1,4-8H2,2-3H3,(H,14,15). The number of hydrogen-bond acceptors (Lipinski definition) is 3. The van der Waals surface area contributed by atoms with Gasteiger partial charge in [-0.1, -0.05) is 12.2 Å². The highest BCUT2D eigenvalue weighted by Crippen LogP contribution is 2.21. The lowest BCUT2D eigenvalue weighted by atomic mass is 10.0. The molecule has 1 rings (SSSR count). The molecule has 1 aliphatic rings. The Balaban J connectivity index is 2.78. The van der Waals surface area contributed by atoms with E-state index >= 15 is 0 Å². The Hall–Kier alpha value is -0.920. The van der Waals surface area contributed by atoms with E-state index in [9.17, 15) is 13.2 Å². The van der Waals surface area contributed by atoms with E-state index in [2.05, 4.69) is 6.58 Å². The number of carboxylic acid groups (broad SMARTS) is 1. The van der Waals surface area contributed by atoms with Gasteiger partial charge in [0.1, 0.15) is 0 Å². The number of rotatable bonds is 5. The lowest BCUT2D eigenvalue weighted by Gasteiger charge is -2.32. The van der Waals surface area contributed by atoms with Gasteiger partial charge in [0.15, 0.2) is 0 Å². The van der Waals surface area contributed by atoms with Crippen molar-refractivity contribution in [3.05, 3.63) is 12.2 Å². The molecule has 1 atom stereocenters. The summed E-state index contributed by atoms with van der Waals surface area (Å²) in [7, 11) is -2.10. The van der Waals surface area contributed by atoms with Crippen LogP contribution in [-0.2, 0) is 15.0 Å². The molecule has 1 fully saturated rings. The van der Waals surface area contributed by atoms with Crippen LogP contribution in [0.1, 0.15) is 19.8 Å². The van der Waals surface area contributed by atoms with E-state index in [-0.39, 0.29) is 13.1 Å². The zero-order valence-corrected chi connectivity index (χ0v) is 11.6. The monoisotopic (exact) mass is 276 g/mol. The summed E-state index contributed by atoms with van der Waals surface area (Å²) in [6.45, 7) is 6.11. The number of carboxylic acids is 1. The number of nitrogens with zero attached hydrogens (tertiary/aromatic N) is 2. The summed E-state index contributed by atoms with van der Waals surface area (Å²) in [4.78, 5) is 10.9. The first kappa shape index (κ1) is 15.1. The van der Waals surface area contributed by atoms with Crippen molar-refractivity contribution in [2.45, 2.75) is 19.8 Å². The Labute approximate surface area is 108 Å². The largest absolute Gasteiger partial charge is 0.481 e. The average Bonchev–Trinajstić information content (AvgIpc) is 2.28. The summed E-state index contributed by atoms with van der Waals surface area (Å²) in [5.74, 6) is -1.54. The van der Waals surface area contributed by atoms with E-state index in [1.54, 1.807) is 6.92 Å². The topological polar surface area (TPSA) is 77.9 Å². The van der Waals surface area contributed by atoms with Crippen LogP contribution in [0.15, 0.2) is 12.2 Å². The van der Waals surface area contributed by atoms with Crippen LogP contribution in [0.3, 0.4) is 0 Å². The third-order valence-electron chi connectivity index (χ3n) is 2.95. The van der Waals surface area contributed by atoms with Crippen LogP contribution in [0.2, 0.25) is 0 Å². The molecule has 104 valence electrons. The van der Waals surface area contributed by atoms with E-state index < -0.39 is 22.1 Å². The van der Waals surface area contributed by atoms with Gasteiger partial charge in [0, 0.05) is 26.7 Å². The number of carbonyl (C=O) groups is 1. The van der Waals surface area contributed by atoms with Crippen LogP contribution in [0.5, 0.6) is 0 Å². The van der Waals surface area contributed by atoms with Crippen molar-refractivity contribution in [2.24, 2.45) is 5.92 Å². The second kappa shape index (κ2) is 5.81. The predicted molar refractivity (Wildman–Crippen MR) is 68.3 cm³/mol. The molecule has 0 aromatic heterocycles. The Morgan fingerprint density at radius 1 is 1.56 bits per heavy atom. The van der Waals surface area contributed by atoms with Crippen molar-refractivity contribution in [1.29, 1.82) is 0 Å². The second-order valence-corrected chi connectivity index (χ2v) is 6.79.